The molecule has 1 N–H and O–H groups in total. The molecule has 0 saturated heterocycles. The number of nitrogens with one attached hydrogen (secondary N) is 1. The van der Waals surface area contributed by atoms with E-state index in [1.54, 1.807) is 6.08 Å². The van der Waals surface area contributed by atoms with Gasteiger partial charge in [0, 0.05) is 19.6 Å². The Morgan fingerprint density at radius 1 is 1.30 bits per heavy atom. The maximum absolute atomic E-state index is 11.9. The fourth-order valence-corrected chi connectivity index (χ4v) is 2.14. The maximum Gasteiger partial charge on any atom is 0.408 e. The van der Waals surface area contributed by atoms with Crippen LogP contribution in [-0.2, 0) is 11.3 Å². The van der Waals surface area contributed by atoms with Crippen molar-refractivity contribution >= 4 is 6.09 Å². The Hall–Kier alpha value is -2.07. The number of hydrogen-bond donors (Lipinski definition) is 1. The lowest BCUT2D eigenvalue weighted by Gasteiger charge is -2.27. The molecule has 4 heteroatoms. The molecule has 23 heavy (non-hydrogen) atoms. The summed E-state index contributed by atoms with van der Waals surface area (Å²) in [7, 11) is 0. The van der Waals surface area contributed by atoms with E-state index in [9.17, 15) is 4.79 Å². The number of carbonyl (C=O) groups is 1. The SMILES string of the molecule is C=CCN(Cc1ccccc1)C[C@H](C=C)NC(=O)OC(C)(C)C. The zero-order valence-corrected chi connectivity index (χ0v) is 14.4. The van der Waals surface area contributed by atoms with Crippen LogP contribution in [0.2, 0.25) is 0 Å². The molecule has 1 aromatic carbocycles. The lowest BCUT2D eigenvalue weighted by atomic mass is 10.2. The summed E-state index contributed by atoms with van der Waals surface area (Å²) in [5, 5.41) is 2.84. The van der Waals surface area contributed by atoms with Gasteiger partial charge < -0.3 is 10.1 Å². The Labute approximate surface area is 139 Å². The van der Waals surface area contributed by atoms with Crippen molar-refractivity contribution in [3.8, 4) is 0 Å². The summed E-state index contributed by atoms with van der Waals surface area (Å²) >= 11 is 0. The second-order valence-corrected chi connectivity index (χ2v) is 6.46. The quantitative estimate of drug-likeness (QED) is 0.743. The number of nitrogens with zero attached hydrogens (tertiary/aromatic N) is 1. The van der Waals surface area contributed by atoms with Crippen LogP contribution in [0.25, 0.3) is 0 Å². The van der Waals surface area contributed by atoms with Gasteiger partial charge >= 0.3 is 6.09 Å². The normalized spacial score (nSPS) is 12.5. The fourth-order valence-electron chi connectivity index (χ4n) is 2.14. The molecule has 126 valence electrons. The van der Waals surface area contributed by atoms with Crippen molar-refractivity contribution in [1.82, 2.24) is 10.2 Å². The lowest BCUT2D eigenvalue weighted by molar-refractivity contribution is 0.0505. The first-order valence-electron chi connectivity index (χ1n) is 7.83. The highest BCUT2D eigenvalue weighted by Crippen LogP contribution is 2.08. The highest BCUT2D eigenvalue weighted by molar-refractivity contribution is 5.68. The molecule has 0 saturated carbocycles. The highest BCUT2D eigenvalue weighted by atomic mass is 16.6. The van der Waals surface area contributed by atoms with Crippen LogP contribution in [-0.4, -0.2) is 35.7 Å². The van der Waals surface area contributed by atoms with E-state index in [0.717, 1.165) is 13.1 Å². The molecule has 0 aliphatic carbocycles. The van der Waals surface area contributed by atoms with Gasteiger partial charge in [-0.2, -0.15) is 0 Å². The van der Waals surface area contributed by atoms with E-state index in [0.29, 0.717) is 6.54 Å². The first-order chi connectivity index (χ1) is 10.8. The third-order valence-corrected chi connectivity index (χ3v) is 3.08. The topological polar surface area (TPSA) is 41.6 Å². The summed E-state index contributed by atoms with van der Waals surface area (Å²) < 4.78 is 5.29. The second kappa shape index (κ2) is 9.16. The molecule has 1 rings (SSSR count). The predicted octanol–water partition coefficient (Wildman–Crippen LogP) is 3.75. The predicted molar refractivity (Wildman–Crippen MR) is 95.3 cm³/mol. The molecule has 0 aromatic heterocycles. The van der Waals surface area contributed by atoms with Crippen LogP contribution >= 0.6 is 0 Å². The Kier molecular flexibility index (Phi) is 7.55. The van der Waals surface area contributed by atoms with E-state index in [4.69, 9.17) is 4.74 Å². The van der Waals surface area contributed by atoms with Gasteiger partial charge in [0.15, 0.2) is 0 Å². The Morgan fingerprint density at radius 3 is 2.48 bits per heavy atom. The largest absolute Gasteiger partial charge is 0.444 e. The minimum atomic E-state index is -0.513. The Morgan fingerprint density at radius 2 is 1.96 bits per heavy atom. The van der Waals surface area contributed by atoms with Crippen LogP contribution in [0.1, 0.15) is 26.3 Å². The zero-order chi connectivity index (χ0) is 17.3. The van der Waals surface area contributed by atoms with Crippen molar-refractivity contribution < 1.29 is 9.53 Å². The van der Waals surface area contributed by atoms with Gasteiger partial charge in [-0.15, -0.1) is 13.2 Å². The smallest absolute Gasteiger partial charge is 0.408 e. The molecule has 1 atom stereocenters. The molecule has 0 bridgehead atoms. The number of alkyl carbamates (subject to hydrolysis) is 1. The summed E-state index contributed by atoms with van der Waals surface area (Å²) in [5.74, 6) is 0. The van der Waals surface area contributed by atoms with Crippen molar-refractivity contribution in [2.75, 3.05) is 13.1 Å². The minimum Gasteiger partial charge on any atom is -0.444 e. The molecule has 0 spiro atoms. The molecule has 4 nitrogen and oxygen atoms in total. The molecule has 1 aromatic rings. The number of ether oxygens (including phenoxy) is 1. The molecule has 1 amide bonds. The summed E-state index contributed by atoms with van der Waals surface area (Å²) in [4.78, 5) is 14.1. The molecule has 0 fully saturated rings. The van der Waals surface area contributed by atoms with E-state index >= 15 is 0 Å². The third kappa shape index (κ3) is 8.21. The third-order valence-electron chi connectivity index (χ3n) is 3.08. The summed E-state index contributed by atoms with van der Waals surface area (Å²) in [5.41, 5.74) is 0.704. The summed E-state index contributed by atoms with van der Waals surface area (Å²) in [6, 6.07) is 10.0. The Bertz CT molecular complexity index is 506. The number of rotatable bonds is 8. The van der Waals surface area contributed by atoms with Gasteiger partial charge in [0.25, 0.3) is 0 Å². The monoisotopic (exact) mass is 316 g/mol. The van der Waals surface area contributed by atoms with Crippen molar-refractivity contribution in [2.45, 2.75) is 39.0 Å². The van der Waals surface area contributed by atoms with Crippen LogP contribution in [0.3, 0.4) is 0 Å². The maximum atomic E-state index is 11.9. The molecule has 0 aliphatic rings. The molecule has 0 radical (unpaired) electrons. The van der Waals surface area contributed by atoms with Crippen LogP contribution in [0, 0.1) is 0 Å². The van der Waals surface area contributed by atoms with Crippen molar-refractivity contribution in [2.24, 2.45) is 0 Å². The van der Waals surface area contributed by atoms with Gasteiger partial charge in [0.05, 0.1) is 6.04 Å². The van der Waals surface area contributed by atoms with E-state index in [1.165, 1.54) is 5.56 Å². The number of amides is 1. The second-order valence-electron chi connectivity index (χ2n) is 6.46. The summed E-state index contributed by atoms with van der Waals surface area (Å²) in [6.07, 6.45) is 3.15. The van der Waals surface area contributed by atoms with Gasteiger partial charge in [-0.05, 0) is 26.3 Å². The highest BCUT2D eigenvalue weighted by Gasteiger charge is 2.19. The van der Waals surface area contributed by atoms with Crippen LogP contribution in [0.5, 0.6) is 0 Å². The average molecular weight is 316 g/mol. The molecule has 0 unspecified atom stereocenters. The van der Waals surface area contributed by atoms with Gasteiger partial charge in [-0.3, -0.25) is 4.90 Å². The molecule has 0 heterocycles. The average Bonchev–Trinajstić information content (AvgIpc) is 2.45. The van der Waals surface area contributed by atoms with Gasteiger partial charge in [0.1, 0.15) is 5.60 Å². The lowest BCUT2D eigenvalue weighted by Crippen LogP contribution is -2.44. The number of hydrogen-bond acceptors (Lipinski definition) is 3. The van der Waals surface area contributed by atoms with Gasteiger partial charge in [0.2, 0.25) is 0 Å². The number of carbonyl (C=O) groups excluding carboxylic acids is 1. The van der Waals surface area contributed by atoms with Crippen molar-refractivity contribution in [3.05, 3.63) is 61.2 Å². The molecule has 0 aliphatic heterocycles. The Balaban J connectivity index is 2.63. The first-order valence-corrected chi connectivity index (χ1v) is 7.83. The molecular weight excluding hydrogens is 288 g/mol. The van der Waals surface area contributed by atoms with Crippen LogP contribution in [0.4, 0.5) is 4.79 Å². The van der Waals surface area contributed by atoms with Gasteiger partial charge in [-0.25, -0.2) is 4.79 Å². The van der Waals surface area contributed by atoms with E-state index in [-0.39, 0.29) is 6.04 Å². The van der Waals surface area contributed by atoms with Crippen molar-refractivity contribution in [1.29, 1.82) is 0 Å². The van der Waals surface area contributed by atoms with E-state index in [2.05, 4.69) is 35.5 Å². The van der Waals surface area contributed by atoms with Crippen molar-refractivity contribution in [3.63, 3.8) is 0 Å². The van der Waals surface area contributed by atoms with E-state index < -0.39 is 11.7 Å². The van der Waals surface area contributed by atoms with Crippen LogP contribution in [0.15, 0.2) is 55.6 Å². The first kappa shape index (κ1) is 19.0. The minimum absolute atomic E-state index is 0.187. The standard InChI is InChI=1S/C19H28N2O2/c1-6-13-21(14-16-11-9-8-10-12-16)15-17(7-2)20-18(22)23-19(3,4)5/h6-12,17H,1-2,13-15H2,3-5H3,(H,20,22)/t17-/m0/s1. The molecular formula is C19H28N2O2. The zero-order valence-electron chi connectivity index (χ0n) is 14.4. The van der Waals surface area contributed by atoms with Crippen LogP contribution < -0.4 is 5.32 Å². The van der Waals surface area contributed by atoms with E-state index in [1.807, 2.05) is 45.0 Å². The number of benzene rings is 1. The summed E-state index contributed by atoms with van der Waals surface area (Å²) in [6.45, 7) is 15.3. The van der Waals surface area contributed by atoms with Gasteiger partial charge in [-0.1, -0.05) is 42.5 Å². The fraction of sp³-hybridized carbons (Fsp3) is 0.421.